The lowest BCUT2D eigenvalue weighted by atomic mass is 10.0. The largest absolute Gasteiger partial charge is 0.488 e. The van der Waals surface area contributed by atoms with Crippen LogP contribution in [0.3, 0.4) is 0 Å². The Labute approximate surface area is 190 Å². The molecule has 0 heterocycles. The lowest BCUT2D eigenvalue weighted by molar-refractivity contribution is 0.253. The molecule has 0 aliphatic heterocycles. The summed E-state index contributed by atoms with van der Waals surface area (Å²) in [7, 11) is 0. The highest BCUT2D eigenvalue weighted by Gasteiger charge is 2.06. The summed E-state index contributed by atoms with van der Waals surface area (Å²) in [6.07, 6.45) is 7.48. The fourth-order valence-corrected chi connectivity index (χ4v) is 3.07. The van der Waals surface area contributed by atoms with Crippen molar-refractivity contribution in [3.8, 4) is 16.9 Å². The molecule has 2 N–H and O–H groups in total. The van der Waals surface area contributed by atoms with Gasteiger partial charge in [-0.05, 0) is 41.8 Å². The number of hydrogen-bond acceptors (Lipinski definition) is 2. The Balaban J connectivity index is 1.55. The molecular formula is C28H28N2O2. The van der Waals surface area contributed by atoms with Crippen LogP contribution in [0.1, 0.15) is 12.5 Å². The zero-order valence-corrected chi connectivity index (χ0v) is 18.3. The number of anilines is 1. The van der Waals surface area contributed by atoms with Crippen molar-refractivity contribution in [1.82, 2.24) is 5.32 Å². The summed E-state index contributed by atoms with van der Waals surface area (Å²) in [5.41, 5.74) is 4.84. The molecular weight excluding hydrogens is 396 g/mol. The van der Waals surface area contributed by atoms with E-state index in [2.05, 4.69) is 35.4 Å². The topological polar surface area (TPSA) is 50.4 Å². The highest BCUT2D eigenvalue weighted by atomic mass is 16.5. The molecule has 0 fully saturated rings. The highest BCUT2D eigenvalue weighted by molar-refractivity contribution is 5.89. The summed E-state index contributed by atoms with van der Waals surface area (Å²) in [6.45, 7) is 6.55. The Bertz CT molecular complexity index is 1080. The second-order valence-electron chi connectivity index (χ2n) is 7.13. The number of ether oxygens (including phenoxy) is 1. The Hall–Kier alpha value is -4.05. The number of para-hydroxylation sites is 1. The molecule has 3 aromatic carbocycles. The minimum Gasteiger partial charge on any atom is -0.488 e. The molecule has 0 unspecified atom stereocenters. The smallest absolute Gasteiger partial charge is 0.319 e. The molecule has 162 valence electrons. The maximum absolute atomic E-state index is 12.1. The van der Waals surface area contributed by atoms with E-state index in [1.165, 1.54) is 0 Å². The Kier molecular flexibility index (Phi) is 8.46. The van der Waals surface area contributed by atoms with Gasteiger partial charge < -0.3 is 15.4 Å². The maximum Gasteiger partial charge on any atom is 0.319 e. The van der Waals surface area contributed by atoms with E-state index in [4.69, 9.17) is 4.74 Å². The van der Waals surface area contributed by atoms with Crippen molar-refractivity contribution >= 4 is 11.7 Å². The van der Waals surface area contributed by atoms with Crippen molar-refractivity contribution in [2.75, 3.05) is 11.9 Å². The Morgan fingerprint density at radius 2 is 1.69 bits per heavy atom. The predicted molar refractivity (Wildman–Crippen MR) is 133 cm³/mol. The average Bonchev–Trinajstić information content (AvgIpc) is 2.84. The first-order valence-electron chi connectivity index (χ1n) is 10.5. The molecule has 0 saturated heterocycles. The van der Waals surface area contributed by atoms with Gasteiger partial charge in [0.1, 0.15) is 12.4 Å². The van der Waals surface area contributed by atoms with Crippen molar-refractivity contribution in [2.45, 2.75) is 13.5 Å². The average molecular weight is 425 g/mol. The maximum atomic E-state index is 12.1. The molecule has 0 bridgehead atoms. The summed E-state index contributed by atoms with van der Waals surface area (Å²) in [4.78, 5) is 12.1. The van der Waals surface area contributed by atoms with Crippen LogP contribution in [0.25, 0.3) is 11.1 Å². The summed E-state index contributed by atoms with van der Waals surface area (Å²) < 4.78 is 6.09. The van der Waals surface area contributed by atoms with E-state index in [0.717, 1.165) is 28.0 Å². The van der Waals surface area contributed by atoms with E-state index < -0.39 is 0 Å². The van der Waals surface area contributed by atoms with Gasteiger partial charge in [-0.3, -0.25) is 0 Å². The molecule has 0 atom stereocenters. The lowest BCUT2D eigenvalue weighted by Gasteiger charge is -2.12. The normalized spacial score (nSPS) is 11.2. The van der Waals surface area contributed by atoms with Gasteiger partial charge in [-0.2, -0.15) is 0 Å². The minimum atomic E-state index is -0.265. The van der Waals surface area contributed by atoms with Crippen LogP contribution in [-0.2, 0) is 6.61 Å². The lowest BCUT2D eigenvalue weighted by Crippen LogP contribution is -2.30. The van der Waals surface area contributed by atoms with Gasteiger partial charge in [0.2, 0.25) is 0 Å². The van der Waals surface area contributed by atoms with E-state index >= 15 is 0 Å². The third kappa shape index (κ3) is 6.74. The van der Waals surface area contributed by atoms with Crippen molar-refractivity contribution in [2.24, 2.45) is 0 Å². The number of hydrogen-bond donors (Lipinski definition) is 2. The molecule has 4 nitrogen and oxygen atoms in total. The van der Waals surface area contributed by atoms with Gasteiger partial charge in [-0.15, -0.1) is 0 Å². The third-order valence-corrected chi connectivity index (χ3v) is 4.80. The summed E-state index contributed by atoms with van der Waals surface area (Å²) in [5.74, 6) is 0.837. The molecule has 2 amide bonds. The van der Waals surface area contributed by atoms with E-state index in [1.54, 1.807) is 6.08 Å². The third-order valence-electron chi connectivity index (χ3n) is 4.80. The number of carbonyl (C=O) groups excluding carboxylic acids is 1. The Morgan fingerprint density at radius 3 is 2.41 bits per heavy atom. The predicted octanol–water partition coefficient (Wildman–Crippen LogP) is 6.74. The summed E-state index contributed by atoms with van der Waals surface area (Å²) in [5, 5.41) is 5.66. The van der Waals surface area contributed by atoms with Crippen LogP contribution in [-0.4, -0.2) is 12.6 Å². The molecule has 32 heavy (non-hydrogen) atoms. The SMILES string of the molecule is C=C/C(=C\C=C/C)CNC(=O)Nc1ccc(COc2ccccc2-c2ccccc2)cc1. The fourth-order valence-electron chi connectivity index (χ4n) is 3.07. The van der Waals surface area contributed by atoms with E-state index in [1.807, 2.05) is 85.8 Å². The van der Waals surface area contributed by atoms with Crippen LogP contribution in [0.4, 0.5) is 10.5 Å². The van der Waals surface area contributed by atoms with Gasteiger partial charge in [0.05, 0.1) is 0 Å². The monoisotopic (exact) mass is 424 g/mol. The van der Waals surface area contributed by atoms with Gasteiger partial charge in [0.25, 0.3) is 0 Å². The molecule has 4 heteroatoms. The minimum absolute atomic E-state index is 0.265. The Morgan fingerprint density at radius 1 is 0.969 bits per heavy atom. The number of amides is 2. The van der Waals surface area contributed by atoms with Gasteiger partial charge in [-0.25, -0.2) is 4.79 Å². The number of benzene rings is 3. The highest BCUT2D eigenvalue weighted by Crippen LogP contribution is 2.30. The molecule has 0 saturated carbocycles. The number of urea groups is 1. The summed E-state index contributed by atoms with van der Waals surface area (Å²) in [6, 6.07) is 25.6. The molecule has 0 radical (unpaired) electrons. The van der Waals surface area contributed by atoms with Gasteiger partial charge in [0.15, 0.2) is 0 Å². The van der Waals surface area contributed by atoms with Crippen LogP contribution in [0.15, 0.2) is 115 Å². The van der Waals surface area contributed by atoms with Crippen molar-refractivity contribution in [3.05, 3.63) is 121 Å². The number of allylic oxidation sites excluding steroid dienone is 3. The van der Waals surface area contributed by atoms with Crippen LogP contribution < -0.4 is 15.4 Å². The zero-order valence-electron chi connectivity index (χ0n) is 18.3. The summed E-state index contributed by atoms with van der Waals surface area (Å²) >= 11 is 0. The van der Waals surface area contributed by atoms with Crippen molar-refractivity contribution in [3.63, 3.8) is 0 Å². The van der Waals surface area contributed by atoms with Crippen LogP contribution in [0, 0.1) is 0 Å². The standard InChI is InChI=1S/C28H28N2O2/c1-3-5-11-22(4-2)20-29-28(31)30-25-18-16-23(17-19-25)21-32-27-15-10-9-14-26(27)24-12-7-6-8-13-24/h3-19H,2,20-21H2,1H3,(H2,29,30,31)/b5-3-,22-11+. The van der Waals surface area contributed by atoms with Crippen molar-refractivity contribution in [1.29, 1.82) is 0 Å². The fraction of sp³-hybridized carbons (Fsp3) is 0.107. The number of rotatable bonds is 9. The van der Waals surface area contributed by atoms with Crippen LogP contribution in [0.5, 0.6) is 5.75 Å². The molecule has 0 aliphatic rings. The second-order valence-corrected chi connectivity index (χ2v) is 7.13. The van der Waals surface area contributed by atoms with Crippen LogP contribution >= 0.6 is 0 Å². The first-order valence-corrected chi connectivity index (χ1v) is 10.5. The molecule has 0 spiro atoms. The number of carbonyl (C=O) groups is 1. The van der Waals surface area contributed by atoms with Crippen molar-refractivity contribution < 1.29 is 9.53 Å². The van der Waals surface area contributed by atoms with E-state index in [-0.39, 0.29) is 6.03 Å². The van der Waals surface area contributed by atoms with E-state index in [9.17, 15) is 4.79 Å². The second kappa shape index (κ2) is 12.0. The molecule has 3 aromatic rings. The van der Waals surface area contributed by atoms with E-state index in [0.29, 0.717) is 18.8 Å². The van der Waals surface area contributed by atoms with Gasteiger partial charge in [0, 0.05) is 17.8 Å². The van der Waals surface area contributed by atoms with Crippen LogP contribution in [0.2, 0.25) is 0 Å². The van der Waals surface area contributed by atoms with Gasteiger partial charge in [-0.1, -0.05) is 91.5 Å². The molecule has 0 aliphatic carbocycles. The van der Waals surface area contributed by atoms with Gasteiger partial charge >= 0.3 is 6.03 Å². The zero-order chi connectivity index (χ0) is 22.6. The number of nitrogens with one attached hydrogen (secondary N) is 2. The quantitative estimate of drug-likeness (QED) is 0.374. The molecule has 3 rings (SSSR count). The first-order chi connectivity index (χ1) is 15.7. The molecule has 0 aromatic heterocycles. The first kappa shape index (κ1) is 22.6.